The lowest BCUT2D eigenvalue weighted by Crippen LogP contribution is -2.50. The van der Waals surface area contributed by atoms with Gasteiger partial charge in [-0.2, -0.15) is 5.10 Å². The normalized spacial score (nSPS) is 20.6. The first-order chi connectivity index (χ1) is 9.97. The number of hydrogen-bond donors (Lipinski definition) is 1. The number of nitrogens with zero attached hydrogens (tertiary/aromatic N) is 4. The first-order valence-electron chi connectivity index (χ1n) is 7.71. The van der Waals surface area contributed by atoms with Crippen LogP contribution >= 0.6 is 0 Å². The molecule has 2 unspecified atom stereocenters. The van der Waals surface area contributed by atoms with Crippen molar-refractivity contribution in [3.05, 3.63) is 15.8 Å². The number of rotatable bonds is 5. The number of aryl methyl sites for hydroxylation is 2. The summed E-state index contributed by atoms with van der Waals surface area (Å²) in [6.07, 6.45) is 4.03. The molecular weight excluding hydrogens is 270 g/mol. The molecule has 0 spiro atoms. The molecule has 0 amide bonds. The fourth-order valence-electron chi connectivity index (χ4n) is 3.19. The van der Waals surface area contributed by atoms with E-state index in [1.165, 1.54) is 0 Å². The number of nitro groups is 1. The molecule has 0 aromatic carbocycles. The van der Waals surface area contributed by atoms with Gasteiger partial charge in [0.15, 0.2) is 0 Å². The smallest absolute Gasteiger partial charge is 0.333 e. The van der Waals surface area contributed by atoms with Crippen LogP contribution in [0.3, 0.4) is 0 Å². The van der Waals surface area contributed by atoms with Gasteiger partial charge in [-0.05, 0) is 39.5 Å². The molecule has 2 rings (SSSR count). The molecule has 0 radical (unpaired) electrons. The lowest BCUT2D eigenvalue weighted by Gasteiger charge is -2.39. The van der Waals surface area contributed by atoms with Crippen molar-refractivity contribution in [3.63, 3.8) is 0 Å². The minimum atomic E-state index is -0.309. The second-order valence-corrected chi connectivity index (χ2v) is 5.85. The van der Waals surface area contributed by atoms with E-state index in [0.29, 0.717) is 18.1 Å². The molecule has 0 saturated carbocycles. The number of anilines is 1. The summed E-state index contributed by atoms with van der Waals surface area (Å²) in [5.41, 5.74) is 6.73. The maximum Gasteiger partial charge on any atom is 0.333 e. The number of hydrogen-bond acceptors (Lipinski definition) is 5. The molecule has 7 nitrogen and oxygen atoms in total. The van der Waals surface area contributed by atoms with E-state index in [-0.39, 0.29) is 22.7 Å². The number of aromatic nitrogens is 2. The summed E-state index contributed by atoms with van der Waals surface area (Å²) in [4.78, 5) is 13.3. The Hall–Kier alpha value is -1.63. The van der Waals surface area contributed by atoms with E-state index < -0.39 is 0 Å². The van der Waals surface area contributed by atoms with E-state index in [1.807, 2.05) is 13.8 Å². The molecule has 0 aliphatic carbocycles. The van der Waals surface area contributed by atoms with Crippen LogP contribution in [0.5, 0.6) is 0 Å². The summed E-state index contributed by atoms with van der Waals surface area (Å²) in [5, 5.41) is 15.9. The molecule has 1 aliphatic heterocycles. The third kappa shape index (κ3) is 3.02. The van der Waals surface area contributed by atoms with Gasteiger partial charge in [-0.15, -0.1) is 0 Å². The fraction of sp³-hybridized carbons (Fsp3) is 0.786. The van der Waals surface area contributed by atoms with Gasteiger partial charge in [-0.25, -0.2) is 4.68 Å². The predicted molar refractivity (Wildman–Crippen MR) is 82.5 cm³/mol. The van der Waals surface area contributed by atoms with Crippen molar-refractivity contribution >= 4 is 11.5 Å². The Labute approximate surface area is 125 Å². The van der Waals surface area contributed by atoms with Gasteiger partial charge < -0.3 is 10.6 Å². The Bertz CT molecular complexity index is 512. The zero-order chi connectivity index (χ0) is 15.6. The monoisotopic (exact) mass is 295 g/mol. The molecule has 1 aromatic rings. The van der Waals surface area contributed by atoms with Crippen LogP contribution in [0.2, 0.25) is 0 Å². The van der Waals surface area contributed by atoms with Gasteiger partial charge in [-0.3, -0.25) is 10.1 Å². The highest BCUT2D eigenvalue weighted by atomic mass is 16.6. The second kappa shape index (κ2) is 6.43. The second-order valence-electron chi connectivity index (χ2n) is 5.85. The maximum absolute atomic E-state index is 11.5. The highest BCUT2D eigenvalue weighted by Crippen LogP contribution is 2.36. The lowest BCUT2D eigenvalue weighted by atomic mass is 9.97. The Morgan fingerprint density at radius 3 is 2.81 bits per heavy atom. The molecule has 1 aliphatic rings. The Kier molecular flexibility index (Phi) is 4.82. The Morgan fingerprint density at radius 1 is 1.52 bits per heavy atom. The minimum absolute atomic E-state index is 0.0183. The van der Waals surface area contributed by atoms with Crippen LogP contribution in [0, 0.1) is 17.0 Å². The van der Waals surface area contributed by atoms with Gasteiger partial charge in [0.1, 0.15) is 5.69 Å². The molecule has 118 valence electrons. The average Bonchev–Trinajstić information content (AvgIpc) is 2.75. The van der Waals surface area contributed by atoms with Gasteiger partial charge in [-0.1, -0.05) is 6.92 Å². The average molecular weight is 295 g/mol. The van der Waals surface area contributed by atoms with Crippen molar-refractivity contribution in [1.82, 2.24) is 9.78 Å². The van der Waals surface area contributed by atoms with Crippen molar-refractivity contribution in [3.8, 4) is 0 Å². The van der Waals surface area contributed by atoms with Crippen molar-refractivity contribution < 1.29 is 4.92 Å². The van der Waals surface area contributed by atoms with Gasteiger partial charge in [0.05, 0.1) is 4.92 Å². The largest absolute Gasteiger partial charge is 0.347 e. The van der Waals surface area contributed by atoms with Crippen LogP contribution in [-0.2, 0) is 6.54 Å². The van der Waals surface area contributed by atoms with E-state index in [0.717, 1.165) is 32.2 Å². The molecular formula is C14H25N5O2. The molecule has 2 N–H and O–H groups in total. The zero-order valence-electron chi connectivity index (χ0n) is 13.1. The van der Waals surface area contributed by atoms with Crippen LogP contribution in [0.4, 0.5) is 11.5 Å². The van der Waals surface area contributed by atoms with E-state index in [1.54, 1.807) is 11.6 Å². The van der Waals surface area contributed by atoms with E-state index in [9.17, 15) is 10.1 Å². The van der Waals surface area contributed by atoms with Crippen molar-refractivity contribution in [2.45, 2.75) is 65.1 Å². The quantitative estimate of drug-likeness (QED) is 0.664. The fourth-order valence-corrected chi connectivity index (χ4v) is 3.19. The van der Waals surface area contributed by atoms with Gasteiger partial charge >= 0.3 is 5.69 Å². The summed E-state index contributed by atoms with van der Waals surface area (Å²) in [6.45, 7) is 7.22. The third-order valence-corrected chi connectivity index (χ3v) is 4.12. The highest BCUT2D eigenvalue weighted by molar-refractivity contribution is 5.62. The summed E-state index contributed by atoms with van der Waals surface area (Å²) >= 11 is 0. The number of piperidine rings is 1. The summed E-state index contributed by atoms with van der Waals surface area (Å²) in [5.74, 6) is 0.640. The van der Waals surface area contributed by atoms with E-state index >= 15 is 0 Å². The molecule has 21 heavy (non-hydrogen) atoms. The van der Waals surface area contributed by atoms with Gasteiger partial charge in [0.2, 0.25) is 5.82 Å². The molecule has 7 heteroatoms. The van der Waals surface area contributed by atoms with E-state index in [4.69, 9.17) is 5.73 Å². The molecule has 1 saturated heterocycles. The van der Waals surface area contributed by atoms with Crippen LogP contribution in [0.1, 0.15) is 45.2 Å². The van der Waals surface area contributed by atoms with E-state index in [2.05, 4.69) is 10.00 Å². The first-order valence-corrected chi connectivity index (χ1v) is 7.71. The highest BCUT2D eigenvalue weighted by Gasteiger charge is 2.35. The van der Waals surface area contributed by atoms with Crippen molar-refractivity contribution in [1.29, 1.82) is 0 Å². The Balaban J connectivity index is 2.50. The van der Waals surface area contributed by atoms with Crippen molar-refractivity contribution in [2.24, 2.45) is 5.73 Å². The lowest BCUT2D eigenvalue weighted by molar-refractivity contribution is -0.384. The molecule has 2 atom stereocenters. The van der Waals surface area contributed by atoms with Crippen LogP contribution in [0.25, 0.3) is 0 Å². The molecule has 2 heterocycles. The maximum atomic E-state index is 11.5. The first kappa shape index (κ1) is 15.8. The van der Waals surface area contributed by atoms with Crippen LogP contribution in [0.15, 0.2) is 0 Å². The van der Waals surface area contributed by atoms with Crippen molar-refractivity contribution in [2.75, 3.05) is 11.4 Å². The third-order valence-electron chi connectivity index (χ3n) is 4.12. The topological polar surface area (TPSA) is 90.2 Å². The molecule has 1 aromatic heterocycles. The van der Waals surface area contributed by atoms with Gasteiger partial charge in [0.25, 0.3) is 0 Å². The van der Waals surface area contributed by atoms with Gasteiger partial charge in [0, 0.05) is 25.2 Å². The zero-order valence-corrected chi connectivity index (χ0v) is 13.1. The Morgan fingerprint density at radius 2 is 2.24 bits per heavy atom. The van der Waals surface area contributed by atoms with Crippen LogP contribution in [-0.4, -0.2) is 33.3 Å². The SMILES string of the molecule is CCCn1nc(C)c([N+](=O)[O-])c1N1CCCCC1C(C)N. The molecule has 0 bridgehead atoms. The minimum Gasteiger partial charge on any atom is -0.347 e. The summed E-state index contributed by atoms with van der Waals surface area (Å²) in [6, 6.07) is 0.124. The standard InChI is InChI=1S/C14H25N5O2/c1-4-8-18-14(13(19(20)21)11(3)16-18)17-9-6-5-7-12(17)10(2)15/h10,12H,4-9,15H2,1-3H3. The summed E-state index contributed by atoms with van der Waals surface area (Å²) < 4.78 is 1.79. The predicted octanol–water partition coefficient (Wildman–Crippen LogP) is 2.22. The van der Waals surface area contributed by atoms with Crippen LogP contribution < -0.4 is 10.6 Å². The number of nitrogens with two attached hydrogens (primary N) is 1. The molecule has 1 fully saturated rings. The summed E-state index contributed by atoms with van der Waals surface area (Å²) in [7, 11) is 0.